The van der Waals surface area contributed by atoms with Crippen molar-refractivity contribution >= 4 is 5.91 Å². The van der Waals surface area contributed by atoms with Gasteiger partial charge in [0.1, 0.15) is 11.9 Å². The highest BCUT2D eigenvalue weighted by atomic mass is 16.5. The molecule has 4 heteroatoms. The van der Waals surface area contributed by atoms with Crippen molar-refractivity contribution in [3.05, 3.63) is 29.8 Å². The Labute approximate surface area is 126 Å². The van der Waals surface area contributed by atoms with Gasteiger partial charge in [0.2, 0.25) is 5.91 Å². The van der Waals surface area contributed by atoms with E-state index < -0.39 is 0 Å². The van der Waals surface area contributed by atoms with Crippen LogP contribution in [0.1, 0.15) is 50.8 Å². The second-order valence-corrected chi connectivity index (χ2v) is 6.17. The van der Waals surface area contributed by atoms with Crippen LogP contribution in [-0.2, 0) is 4.79 Å². The number of nitrogens with one attached hydrogen (secondary N) is 1. The molecule has 1 aliphatic heterocycles. The van der Waals surface area contributed by atoms with Crippen LogP contribution in [0.25, 0.3) is 0 Å². The fourth-order valence-corrected chi connectivity index (χ4v) is 3.49. The normalized spacial score (nSPS) is 24.0. The third-order valence-electron chi connectivity index (χ3n) is 4.66. The highest BCUT2D eigenvalue weighted by Gasteiger charge is 2.51. The summed E-state index contributed by atoms with van der Waals surface area (Å²) in [6, 6.07) is 8.09. The summed E-state index contributed by atoms with van der Waals surface area (Å²) in [5.41, 5.74) is 0.815. The maximum Gasteiger partial charge on any atom is 0.244 e. The molecule has 1 unspecified atom stereocenters. The smallest absolute Gasteiger partial charge is 0.244 e. The van der Waals surface area contributed by atoms with Crippen molar-refractivity contribution in [1.29, 1.82) is 0 Å². The molecule has 114 valence electrons. The van der Waals surface area contributed by atoms with E-state index in [4.69, 9.17) is 4.74 Å². The van der Waals surface area contributed by atoms with Crippen LogP contribution >= 0.6 is 0 Å². The molecule has 2 aliphatic rings. The molecule has 1 saturated heterocycles. The topological polar surface area (TPSA) is 41.6 Å². The van der Waals surface area contributed by atoms with E-state index in [1.54, 1.807) is 0 Å². The molecule has 3 rings (SSSR count). The SMILES string of the molecule is CCCOc1ccc(C2NC3(CCCC3)C(=O)N2C)cc1. The van der Waals surface area contributed by atoms with Gasteiger partial charge in [-0.1, -0.05) is 31.9 Å². The quantitative estimate of drug-likeness (QED) is 0.926. The number of hydrogen-bond donors (Lipinski definition) is 1. The van der Waals surface area contributed by atoms with Crippen LogP contribution < -0.4 is 10.1 Å². The zero-order chi connectivity index (χ0) is 14.9. The maximum atomic E-state index is 12.6. The van der Waals surface area contributed by atoms with E-state index in [1.165, 1.54) is 0 Å². The molecule has 2 fully saturated rings. The molecule has 0 aromatic heterocycles. The minimum atomic E-state index is -0.309. The van der Waals surface area contributed by atoms with Crippen LogP contribution in [0.3, 0.4) is 0 Å². The molecule has 1 aromatic rings. The summed E-state index contributed by atoms with van der Waals surface area (Å²) in [7, 11) is 1.90. The first-order chi connectivity index (χ1) is 10.2. The molecule has 1 atom stereocenters. The van der Waals surface area contributed by atoms with Crippen molar-refractivity contribution < 1.29 is 9.53 Å². The summed E-state index contributed by atoms with van der Waals surface area (Å²) in [6.45, 7) is 2.83. The first-order valence-electron chi connectivity index (χ1n) is 7.94. The van der Waals surface area contributed by atoms with E-state index in [2.05, 4.69) is 24.4 Å². The third-order valence-corrected chi connectivity index (χ3v) is 4.66. The summed E-state index contributed by atoms with van der Waals surface area (Å²) in [5.74, 6) is 1.14. The fraction of sp³-hybridized carbons (Fsp3) is 0.588. The molecule has 1 N–H and O–H groups in total. The Morgan fingerprint density at radius 3 is 2.57 bits per heavy atom. The Bertz CT molecular complexity index is 506. The van der Waals surface area contributed by atoms with Crippen LogP contribution in [0, 0.1) is 0 Å². The standard InChI is InChI=1S/C17H24N2O2/c1-3-12-21-14-8-6-13(7-9-14)15-18-17(10-4-5-11-17)16(20)19(15)2/h6-9,15,18H,3-5,10-12H2,1-2H3. The monoisotopic (exact) mass is 288 g/mol. The van der Waals surface area contributed by atoms with Crippen molar-refractivity contribution in [2.45, 2.75) is 50.7 Å². The van der Waals surface area contributed by atoms with Gasteiger partial charge >= 0.3 is 0 Å². The molecule has 1 aromatic carbocycles. The first kappa shape index (κ1) is 14.4. The van der Waals surface area contributed by atoms with Crippen molar-refractivity contribution in [1.82, 2.24) is 10.2 Å². The highest BCUT2D eigenvalue weighted by molar-refractivity contribution is 5.89. The van der Waals surface area contributed by atoms with Gasteiger partial charge in [-0.05, 0) is 37.0 Å². The molecule has 4 nitrogen and oxygen atoms in total. The summed E-state index contributed by atoms with van der Waals surface area (Å²) in [6.07, 6.45) is 5.20. The fourth-order valence-electron chi connectivity index (χ4n) is 3.49. The molecule has 1 aliphatic carbocycles. The Morgan fingerprint density at radius 2 is 1.95 bits per heavy atom. The predicted molar refractivity (Wildman–Crippen MR) is 82.1 cm³/mol. The lowest BCUT2D eigenvalue weighted by atomic mass is 9.98. The minimum Gasteiger partial charge on any atom is -0.494 e. The van der Waals surface area contributed by atoms with E-state index in [0.717, 1.165) is 50.0 Å². The molecular weight excluding hydrogens is 264 g/mol. The van der Waals surface area contributed by atoms with Crippen LogP contribution in [0.2, 0.25) is 0 Å². The van der Waals surface area contributed by atoms with Gasteiger partial charge in [0, 0.05) is 7.05 Å². The van der Waals surface area contributed by atoms with E-state index in [9.17, 15) is 4.79 Å². The molecule has 1 heterocycles. The highest BCUT2D eigenvalue weighted by Crippen LogP contribution is 2.40. The molecule has 1 spiro atoms. The lowest BCUT2D eigenvalue weighted by molar-refractivity contribution is -0.132. The zero-order valence-corrected chi connectivity index (χ0v) is 12.9. The van der Waals surface area contributed by atoms with Gasteiger partial charge in [0.25, 0.3) is 0 Å². The average molecular weight is 288 g/mol. The number of benzene rings is 1. The lowest BCUT2D eigenvalue weighted by Crippen LogP contribution is -2.43. The number of carbonyl (C=O) groups is 1. The molecule has 0 radical (unpaired) electrons. The van der Waals surface area contributed by atoms with Gasteiger partial charge < -0.3 is 9.64 Å². The van der Waals surface area contributed by atoms with E-state index in [1.807, 2.05) is 24.1 Å². The molecular formula is C17H24N2O2. The number of ether oxygens (including phenoxy) is 1. The lowest BCUT2D eigenvalue weighted by Gasteiger charge is -2.21. The number of likely N-dealkylation sites (N-methyl/N-ethyl adjacent to an activating group) is 1. The number of nitrogens with zero attached hydrogens (tertiary/aromatic N) is 1. The summed E-state index contributed by atoms with van der Waals surface area (Å²) >= 11 is 0. The van der Waals surface area contributed by atoms with Gasteiger partial charge in [-0.2, -0.15) is 0 Å². The second kappa shape index (κ2) is 5.68. The minimum absolute atomic E-state index is 0.0178. The molecule has 1 amide bonds. The number of rotatable bonds is 4. The van der Waals surface area contributed by atoms with Crippen LogP contribution in [0.15, 0.2) is 24.3 Å². The summed E-state index contributed by atoms with van der Waals surface area (Å²) in [4.78, 5) is 14.4. The van der Waals surface area contributed by atoms with Gasteiger partial charge in [0.15, 0.2) is 0 Å². The van der Waals surface area contributed by atoms with Gasteiger partial charge in [-0.15, -0.1) is 0 Å². The van der Waals surface area contributed by atoms with Crippen molar-refractivity contribution in [2.24, 2.45) is 0 Å². The number of amides is 1. The summed E-state index contributed by atoms with van der Waals surface area (Å²) < 4.78 is 5.61. The van der Waals surface area contributed by atoms with Gasteiger partial charge in [-0.3, -0.25) is 10.1 Å². The predicted octanol–water partition coefficient (Wildman–Crippen LogP) is 2.85. The number of hydrogen-bond acceptors (Lipinski definition) is 3. The van der Waals surface area contributed by atoms with Crippen molar-refractivity contribution in [3.63, 3.8) is 0 Å². The van der Waals surface area contributed by atoms with Crippen molar-refractivity contribution in [3.8, 4) is 5.75 Å². The van der Waals surface area contributed by atoms with E-state index in [0.29, 0.717) is 0 Å². The van der Waals surface area contributed by atoms with Gasteiger partial charge in [-0.25, -0.2) is 0 Å². The third kappa shape index (κ3) is 2.53. The Balaban J connectivity index is 1.76. The van der Waals surface area contributed by atoms with Crippen LogP contribution in [-0.4, -0.2) is 30.0 Å². The Morgan fingerprint density at radius 1 is 1.29 bits per heavy atom. The Hall–Kier alpha value is -1.55. The zero-order valence-electron chi connectivity index (χ0n) is 12.9. The molecule has 1 saturated carbocycles. The maximum absolute atomic E-state index is 12.6. The largest absolute Gasteiger partial charge is 0.494 e. The number of carbonyl (C=O) groups excluding carboxylic acids is 1. The Kier molecular flexibility index (Phi) is 3.89. The first-order valence-corrected chi connectivity index (χ1v) is 7.94. The molecule has 0 bridgehead atoms. The molecule has 21 heavy (non-hydrogen) atoms. The van der Waals surface area contributed by atoms with Crippen LogP contribution in [0.5, 0.6) is 5.75 Å². The van der Waals surface area contributed by atoms with Gasteiger partial charge in [0.05, 0.1) is 12.1 Å². The average Bonchev–Trinajstić information content (AvgIpc) is 3.08. The van der Waals surface area contributed by atoms with Crippen LogP contribution in [0.4, 0.5) is 0 Å². The van der Waals surface area contributed by atoms with E-state index >= 15 is 0 Å². The summed E-state index contributed by atoms with van der Waals surface area (Å²) in [5, 5.41) is 3.58. The van der Waals surface area contributed by atoms with E-state index in [-0.39, 0.29) is 17.6 Å². The van der Waals surface area contributed by atoms with Crippen molar-refractivity contribution in [2.75, 3.05) is 13.7 Å². The second-order valence-electron chi connectivity index (χ2n) is 6.17.